The molecule has 0 aliphatic heterocycles. The van der Waals surface area contributed by atoms with E-state index in [0.717, 1.165) is 22.9 Å². The molecule has 0 saturated heterocycles. The lowest BCUT2D eigenvalue weighted by molar-refractivity contribution is -0.142. The van der Waals surface area contributed by atoms with Crippen molar-refractivity contribution in [3.8, 4) is 11.3 Å². The lowest BCUT2D eigenvalue weighted by Gasteiger charge is -2.12. The van der Waals surface area contributed by atoms with Crippen molar-refractivity contribution < 1.29 is 18.0 Å². The highest BCUT2D eigenvalue weighted by Gasteiger charge is 2.35. The van der Waals surface area contributed by atoms with E-state index in [2.05, 4.69) is 20.5 Å². The molecule has 178 valence electrons. The van der Waals surface area contributed by atoms with Crippen LogP contribution in [0, 0.1) is 6.92 Å². The highest BCUT2D eigenvalue weighted by atomic mass is 19.4. The fraction of sp³-hybridized carbons (Fsp3) is 0.333. The predicted molar refractivity (Wildman–Crippen MR) is 121 cm³/mol. The third kappa shape index (κ3) is 4.52. The van der Waals surface area contributed by atoms with Gasteiger partial charge in [-0.05, 0) is 31.4 Å². The van der Waals surface area contributed by atoms with E-state index in [1.165, 1.54) is 6.07 Å². The van der Waals surface area contributed by atoms with Crippen LogP contribution in [0.4, 0.5) is 13.2 Å². The third-order valence-electron chi connectivity index (χ3n) is 5.77. The second kappa shape index (κ2) is 8.92. The first kappa shape index (κ1) is 23.5. The molecule has 3 aromatic heterocycles. The molecule has 4 aromatic rings. The molecule has 1 aromatic carbocycles. The zero-order valence-electron chi connectivity index (χ0n) is 19.3. The number of alkyl halides is 3. The lowest BCUT2D eigenvalue weighted by Crippen LogP contribution is -2.23. The van der Waals surface area contributed by atoms with Crippen LogP contribution < -0.4 is 5.32 Å². The monoisotopic (exact) mass is 470 g/mol. The van der Waals surface area contributed by atoms with Gasteiger partial charge in [0.2, 0.25) is 0 Å². The van der Waals surface area contributed by atoms with Crippen LogP contribution in [-0.4, -0.2) is 30.3 Å². The summed E-state index contributed by atoms with van der Waals surface area (Å²) in [4.78, 5) is 17.0. The maximum absolute atomic E-state index is 13.8. The average molecular weight is 470 g/mol. The highest BCUT2D eigenvalue weighted by Crippen LogP contribution is 2.32. The molecule has 4 rings (SSSR count). The summed E-state index contributed by atoms with van der Waals surface area (Å²) >= 11 is 0. The third-order valence-corrected chi connectivity index (χ3v) is 5.77. The summed E-state index contributed by atoms with van der Waals surface area (Å²) in [6.07, 6.45) is -3.03. The van der Waals surface area contributed by atoms with E-state index in [-0.39, 0.29) is 23.6 Å². The zero-order chi connectivity index (χ0) is 24.6. The van der Waals surface area contributed by atoms with Gasteiger partial charge >= 0.3 is 6.18 Å². The van der Waals surface area contributed by atoms with Crippen LogP contribution in [0.25, 0.3) is 16.9 Å². The highest BCUT2D eigenvalue weighted by molar-refractivity contribution is 5.93. The van der Waals surface area contributed by atoms with Gasteiger partial charge in [0.25, 0.3) is 5.91 Å². The van der Waals surface area contributed by atoms with Gasteiger partial charge in [-0.2, -0.15) is 23.4 Å². The Balaban J connectivity index is 1.67. The minimum atomic E-state index is -4.68. The summed E-state index contributed by atoms with van der Waals surface area (Å²) in [5.41, 5.74) is 2.30. The number of halogens is 3. The average Bonchev–Trinajstić information content (AvgIpc) is 3.39. The van der Waals surface area contributed by atoms with E-state index >= 15 is 0 Å². The Morgan fingerprint density at radius 3 is 2.44 bits per heavy atom. The molecule has 0 aliphatic carbocycles. The van der Waals surface area contributed by atoms with Gasteiger partial charge in [-0.1, -0.05) is 38.1 Å². The van der Waals surface area contributed by atoms with Crippen molar-refractivity contribution in [1.29, 1.82) is 0 Å². The van der Waals surface area contributed by atoms with Crippen molar-refractivity contribution in [2.45, 2.75) is 52.9 Å². The van der Waals surface area contributed by atoms with E-state index in [4.69, 9.17) is 0 Å². The molecule has 1 amide bonds. The van der Waals surface area contributed by atoms with Crippen molar-refractivity contribution in [2.24, 2.45) is 0 Å². The zero-order valence-corrected chi connectivity index (χ0v) is 19.3. The lowest BCUT2D eigenvalue weighted by atomic mass is 10.0. The summed E-state index contributed by atoms with van der Waals surface area (Å²) in [5.74, 6) is -0.295. The molecular weight excluding hydrogens is 445 g/mol. The first-order valence-corrected chi connectivity index (χ1v) is 11.0. The van der Waals surface area contributed by atoms with E-state index in [1.54, 1.807) is 23.0 Å². The van der Waals surface area contributed by atoms with Crippen LogP contribution >= 0.6 is 0 Å². The molecule has 10 heteroatoms. The molecule has 0 atom stereocenters. The molecule has 3 heterocycles. The van der Waals surface area contributed by atoms with Crippen LogP contribution in [-0.2, 0) is 19.3 Å². The van der Waals surface area contributed by atoms with E-state index < -0.39 is 17.8 Å². The molecule has 0 bridgehead atoms. The topological polar surface area (TPSA) is 77.1 Å². The number of aryl methyl sites for hydroxylation is 1. The summed E-state index contributed by atoms with van der Waals surface area (Å²) in [7, 11) is 0. The summed E-state index contributed by atoms with van der Waals surface area (Å²) in [6.45, 7) is 8.80. The number of amides is 1. The van der Waals surface area contributed by atoms with Crippen molar-refractivity contribution in [1.82, 2.24) is 29.7 Å². The van der Waals surface area contributed by atoms with E-state index in [9.17, 15) is 18.0 Å². The van der Waals surface area contributed by atoms with Gasteiger partial charge in [0, 0.05) is 36.0 Å². The van der Waals surface area contributed by atoms with Crippen LogP contribution in [0.5, 0.6) is 0 Å². The van der Waals surface area contributed by atoms with Crippen LogP contribution in [0.3, 0.4) is 0 Å². The van der Waals surface area contributed by atoms with Crippen molar-refractivity contribution in [3.63, 3.8) is 0 Å². The van der Waals surface area contributed by atoms with E-state index in [0.29, 0.717) is 22.5 Å². The number of rotatable bonds is 6. The van der Waals surface area contributed by atoms with Gasteiger partial charge in [0.15, 0.2) is 17.0 Å². The number of hydrogen-bond acceptors (Lipinski definition) is 4. The smallest absolute Gasteiger partial charge is 0.346 e. The van der Waals surface area contributed by atoms with Gasteiger partial charge in [-0.15, -0.1) is 0 Å². The summed E-state index contributed by atoms with van der Waals surface area (Å²) in [6, 6.07) is 9.45. The molecule has 0 unspecified atom stereocenters. The number of carbonyl (C=O) groups is 1. The SMILES string of the molecule is CCn1ncc(CNC(=O)c2cc3nc(-c4ccc(C(C)C)cc4)cc(C(F)(F)F)n3n2)c1C. The Kier molecular flexibility index (Phi) is 6.16. The van der Waals surface area contributed by atoms with Crippen molar-refractivity contribution >= 4 is 11.6 Å². The number of aromatic nitrogens is 5. The summed E-state index contributed by atoms with van der Waals surface area (Å²) < 4.78 is 44.0. The molecule has 0 spiro atoms. The Morgan fingerprint density at radius 2 is 1.85 bits per heavy atom. The maximum atomic E-state index is 13.8. The number of nitrogens with one attached hydrogen (secondary N) is 1. The van der Waals surface area contributed by atoms with Crippen LogP contribution in [0.2, 0.25) is 0 Å². The number of nitrogens with zero attached hydrogens (tertiary/aromatic N) is 5. The van der Waals surface area contributed by atoms with Crippen LogP contribution in [0.15, 0.2) is 42.6 Å². The quantitative estimate of drug-likeness (QED) is 0.431. The van der Waals surface area contributed by atoms with Crippen LogP contribution in [0.1, 0.15) is 59.7 Å². The molecule has 0 radical (unpaired) electrons. The number of benzene rings is 1. The molecule has 7 nitrogen and oxygen atoms in total. The normalized spacial score (nSPS) is 12.0. The largest absolute Gasteiger partial charge is 0.433 e. The van der Waals surface area contributed by atoms with Crippen molar-refractivity contribution in [3.05, 3.63) is 70.8 Å². The Morgan fingerprint density at radius 1 is 1.15 bits per heavy atom. The van der Waals surface area contributed by atoms with Gasteiger partial charge in [-0.3, -0.25) is 9.48 Å². The molecule has 1 N–H and O–H groups in total. The molecule has 34 heavy (non-hydrogen) atoms. The minimum Gasteiger partial charge on any atom is -0.346 e. The standard InChI is InChI=1S/C24H25F3N6O/c1-5-32-15(4)18(13-29-32)12-28-23(34)20-11-22-30-19(10-21(24(25,26)27)33(22)31-20)17-8-6-16(7-9-17)14(2)3/h6-11,13-14H,5,12H2,1-4H3,(H,28,34). The molecule has 0 fully saturated rings. The Labute approximate surface area is 194 Å². The van der Waals surface area contributed by atoms with Gasteiger partial charge < -0.3 is 5.32 Å². The van der Waals surface area contributed by atoms with Gasteiger partial charge in [0.05, 0.1) is 11.9 Å². The summed E-state index contributed by atoms with van der Waals surface area (Å²) in [5, 5.41) is 10.8. The van der Waals surface area contributed by atoms with Crippen molar-refractivity contribution in [2.75, 3.05) is 0 Å². The second-order valence-corrected chi connectivity index (χ2v) is 8.35. The second-order valence-electron chi connectivity index (χ2n) is 8.35. The first-order valence-electron chi connectivity index (χ1n) is 11.0. The van der Waals surface area contributed by atoms with Gasteiger partial charge in [0.1, 0.15) is 0 Å². The fourth-order valence-corrected chi connectivity index (χ4v) is 3.72. The first-order chi connectivity index (χ1) is 16.1. The maximum Gasteiger partial charge on any atom is 0.433 e. The molecule has 0 saturated carbocycles. The van der Waals surface area contributed by atoms with E-state index in [1.807, 2.05) is 39.8 Å². The molecule has 0 aliphatic rings. The number of carbonyl (C=O) groups excluding carboxylic acids is 1. The fourth-order valence-electron chi connectivity index (χ4n) is 3.72. The number of fused-ring (bicyclic) bond motifs is 1. The van der Waals surface area contributed by atoms with Gasteiger partial charge in [-0.25, -0.2) is 9.50 Å². The number of hydrogen-bond donors (Lipinski definition) is 1. The molecular formula is C24H25F3N6O. The Hall–Kier alpha value is -3.69. The minimum absolute atomic E-state index is 0.0575. The Bertz CT molecular complexity index is 1340. The predicted octanol–water partition coefficient (Wildman–Crippen LogP) is 4.99.